The van der Waals surface area contributed by atoms with Crippen molar-refractivity contribution in [2.45, 2.75) is 18.1 Å². The van der Waals surface area contributed by atoms with Gasteiger partial charge in [0.2, 0.25) is 11.8 Å². The van der Waals surface area contributed by atoms with Crippen LogP contribution in [-0.4, -0.2) is 68.2 Å². The van der Waals surface area contributed by atoms with Crippen molar-refractivity contribution in [3.63, 3.8) is 0 Å². The lowest BCUT2D eigenvalue weighted by atomic mass is 10.3. The van der Waals surface area contributed by atoms with Crippen LogP contribution in [0, 0.1) is 0 Å². The van der Waals surface area contributed by atoms with Gasteiger partial charge in [0.1, 0.15) is 6.29 Å². The number of carbonyl (C=O) groups is 3. The van der Waals surface area contributed by atoms with Gasteiger partial charge in [-0.1, -0.05) is 0 Å². The lowest BCUT2D eigenvalue weighted by Gasteiger charge is -2.18. The highest BCUT2D eigenvalue weighted by atomic mass is 32.2. The Balaban J connectivity index is 4.02. The molecule has 0 aliphatic rings. The fraction of sp³-hybridized carbons (Fsp3) is 0.750. The topological polar surface area (TPSA) is 78.5 Å². The summed E-state index contributed by atoms with van der Waals surface area (Å²) >= 11 is 1.46. The van der Waals surface area contributed by atoms with Gasteiger partial charge in [-0.15, -0.1) is 11.8 Å². The van der Waals surface area contributed by atoms with Crippen LogP contribution in [-0.2, 0) is 14.4 Å². The number of rotatable bonds is 10. The molecule has 0 saturated heterocycles. The molecule has 0 heterocycles. The van der Waals surface area contributed by atoms with E-state index < -0.39 is 0 Å². The molecule has 0 aliphatic heterocycles. The first-order chi connectivity index (χ1) is 9.04. The Labute approximate surface area is 118 Å². The third-order valence-corrected chi connectivity index (χ3v) is 3.74. The molecule has 0 radical (unpaired) electrons. The molecule has 1 unspecified atom stereocenters. The van der Waals surface area contributed by atoms with E-state index in [0.29, 0.717) is 6.54 Å². The first kappa shape index (κ1) is 17.9. The van der Waals surface area contributed by atoms with E-state index in [-0.39, 0.29) is 29.9 Å². The zero-order chi connectivity index (χ0) is 14.7. The fourth-order valence-electron chi connectivity index (χ4n) is 1.31. The van der Waals surface area contributed by atoms with Crippen molar-refractivity contribution in [2.24, 2.45) is 0 Å². The van der Waals surface area contributed by atoms with E-state index >= 15 is 0 Å². The van der Waals surface area contributed by atoms with Crippen molar-refractivity contribution in [1.82, 2.24) is 15.5 Å². The minimum Gasteiger partial charge on any atom is -0.359 e. The van der Waals surface area contributed by atoms with E-state index in [1.54, 1.807) is 14.1 Å². The van der Waals surface area contributed by atoms with Gasteiger partial charge in [0, 0.05) is 45.8 Å². The zero-order valence-electron chi connectivity index (χ0n) is 11.8. The van der Waals surface area contributed by atoms with E-state index in [1.165, 1.54) is 16.7 Å². The number of carbonyl (C=O) groups excluding carboxylic acids is 3. The summed E-state index contributed by atoms with van der Waals surface area (Å²) in [4.78, 5) is 35.3. The summed E-state index contributed by atoms with van der Waals surface area (Å²) in [7, 11) is 5.05. The second kappa shape index (κ2) is 10.8. The van der Waals surface area contributed by atoms with Crippen LogP contribution >= 0.6 is 11.8 Å². The van der Waals surface area contributed by atoms with Crippen molar-refractivity contribution >= 4 is 29.9 Å². The van der Waals surface area contributed by atoms with Gasteiger partial charge in [0.15, 0.2) is 0 Å². The third kappa shape index (κ3) is 8.61. The monoisotopic (exact) mass is 289 g/mol. The second-order valence-electron chi connectivity index (χ2n) is 4.09. The molecule has 0 aromatic carbocycles. The van der Waals surface area contributed by atoms with E-state index in [1.807, 2.05) is 7.05 Å². The largest absolute Gasteiger partial charge is 0.359 e. The maximum absolute atomic E-state index is 11.9. The lowest BCUT2D eigenvalue weighted by molar-refractivity contribution is -0.131. The molecular weight excluding hydrogens is 266 g/mol. The van der Waals surface area contributed by atoms with E-state index in [4.69, 9.17) is 0 Å². The molecule has 0 aromatic rings. The van der Waals surface area contributed by atoms with Crippen LogP contribution in [0.25, 0.3) is 0 Å². The van der Waals surface area contributed by atoms with Gasteiger partial charge in [-0.2, -0.15) is 0 Å². The number of hydrogen-bond acceptors (Lipinski definition) is 5. The normalized spacial score (nSPS) is 11.7. The first-order valence-electron chi connectivity index (χ1n) is 6.21. The SMILES string of the molecule is CNCCSC(C=O)CC(=O)N(C)CCC(=O)NC. The van der Waals surface area contributed by atoms with Crippen molar-refractivity contribution in [3.8, 4) is 0 Å². The summed E-state index contributed by atoms with van der Waals surface area (Å²) in [6.45, 7) is 1.17. The predicted molar refractivity (Wildman–Crippen MR) is 77.2 cm³/mol. The minimum atomic E-state index is -0.316. The molecule has 2 amide bonds. The zero-order valence-corrected chi connectivity index (χ0v) is 12.6. The average Bonchev–Trinajstić information content (AvgIpc) is 2.42. The summed E-state index contributed by atoms with van der Waals surface area (Å²) in [5, 5.41) is 5.17. The number of hydrogen-bond donors (Lipinski definition) is 2. The molecule has 6 nitrogen and oxygen atoms in total. The number of aldehydes is 1. The van der Waals surface area contributed by atoms with Gasteiger partial charge in [-0.3, -0.25) is 9.59 Å². The predicted octanol–water partition coefficient (Wildman–Crippen LogP) is -0.509. The summed E-state index contributed by atoms with van der Waals surface area (Å²) in [6, 6.07) is 0. The van der Waals surface area contributed by atoms with E-state index in [2.05, 4.69) is 10.6 Å². The maximum Gasteiger partial charge on any atom is 0.223 e. The molecule has 0 saturated carbocycles. The maximum atomic E-state index is 11.9. The van der Waals surface area contributed by atoms with Crippen LogP contribution in [0.15, 0.2) is 0 Å². The van der Waals surface area contributed by atoms with Crippen molar-refractivity contribution in [1.29, 1.82) is 0 Å². The molecule has 0 aromatic heterocycles. The third-order valence-electron chi connectivity index (χ3n) is 2.59. The van der Waals surface area contributed by atoms with Crippen LogP contribution in [0.1, 0.15) is 12.8 Å². The van der Waals surface area contributed by atoms with Gasteiger partial charge in [0.05, 0.1) is 5.25 Å². The second-order valence-corrected chi connectivity index (χ2v) is 5.44. The number of nitrogens with one attached hydrogen (secondary N) is 2. The molecule has 7 heteroatoms. The van der Waals surface area contributed by atoms with Crippen molar-refractivity contribution in [3.05, 3.63) is 0 Å². The highest BCUT2D eigenvalue weighted by Crippen LogP contribution is 2.13. The fourth-order valence-corrected chi connectivity index (χ4v) is 2.27. The summed E-state index contributed by atoms with van der Waals surface area (Å²) in [5.74, 6) is 0.572. The smallest absolute Gasteiger partial charge is 0.223 e. The summed E-state index contributed by atoms with van der Waals surface area (Å²) < 4.78 is 0. The molecule has 0 spiro atoms. The Kier molecular flexibility index (Phi) is 10.2. The van der Waals surface area contributed by atoms with Gasteiger partial charge in [0.25, 0.3) is 0 Å². The molecule has 0 bridgehead atoms. The number of nitrogens with zero attached hydrogens (tertiary/aromatic N) is 1. The Hall–Kier alpha value is -1.08. The highest BCUT2D eigenvalue weighted by molar-refractivity contribution is 8.00. The summed E-state index contributed by atoms with van der Waals surface area (Å²) in [5.41, 5.74) is 0. The van der Waals surface area contributed by atoms with Gasteiger partial charge < -0.3 is 20.3 Å². The Morgan fingerprint density at radius 1 is 1.37 bits per heavy atom. The molecule has 0 fully saturated rings. The molecule has 19 heavy (non-hydrogen) atoms. The first-order valence-corrected chi connectivity index (χ1v) is 7.26. The molecular formula is C12H23N3O3S. The van der Waals surface area contributed by atoms with E-state index in [9.17, 15) is 14.4 Å². The standard InChI is InChI=1S/C12H23N3O3S/c1-13-5-7-19-10(9-16)8-12(18)15(3)6-4-11(17)14-2/h9-10,13H,4-8H2,1-3H3,(H,14,17). The van der Waals surface area contributed by atoms with Crippen molar-refractivity contribution in [2.75, 3.05) is 40.0 Å². The van der Waals surface area contributed by atoms with E-state index in [0.717, 1.165) is 18.6 Å². The van der Waals surface area contributed by atoms with Gasteiger partial charge >= 0.3 is 0 Å². The highest BCUT2D eigenvalue weighted by Gasteiger charge is 2.17. The van der Waals surface area contributed by atoms with Crippen LogP contribution in [0.4, 0.5) is 0 Å². The van der Waals surface area contributed by atoms with Gasteiger partial charge in [-0.05, 0) is 7.05 Å². The quantitative estimate of drug-likeness (QED) is 0.418. The molecule has 110 valence electrons. The van der Waals surface area contributed by atoms with Crippen LogP contribution < -0.4 is 10.6 Å². The molecule has 0 aliphatic carbocycles. The number of thioether (sulfide) groups is 1. The van der Waals surface area contributed by atoms with Crippen LogP contribution in [0.5, 0.6) is 0 Å². The van der Waals surface area contributed by atoms with Crippen LogP contribution in [0.3, 0.4) is 0 Å². The van der Waals surface area contributed by atoms with Crippen molar-refractivity contribution < 1.29 is 14.4 Å². The average molecular weight is 289 g/mol. The minimum absolute atomic E-state index is 0.102. The van der Waals surface area contributed by atoms with Gasteiger partial charge in [-0.25, -0.2) is 0 Å². The Bertz CT molecular complexity index is 300. The summed E-state index contributed by atoms with van der Waals surface area (Å²) in [6.07, 6.45) is 1.27. The van der Waals surface area contributed by atoms with Crippen LogP contribution in [0.2, 0.25) is 0 Å². The Morgan fingerprint density at radius 3 is 2.58 bits per heavy atom. The molecule has 1 atom stereocenters. The molecule has 0 rings (SSSR count). The lowest BCUT2D eigenvalue weighted by Crippen LogP contribution is -2.33. The Morgan fingerprint density at radius 2 is 2.05 bits per heavy atom. The number of amides is 2. The molecule has 2 N–H and O–H groups in total.